The summed E-state index contributed by atoms with van der Waals surface area (Å²) in [6, 6.07) is 0. The molecule has 0 aliphatic carbocycles. The summed E-state index contributed by atoms with van der Waals surface area (Å²) in [5.41, 5.74) is 0. The zero-order valence-corrected chi connectivity index (χ0v) is 12.0. The lowest BCUT2D eigenvalue weighted by Crippen LogP contribution is -2.39. The first-order valence-electron chi connectivity index (χ1n) is 5.43. The summed E-state index contributed by atoms with van der Waals surface area (Å²) >= 11 is 0. The van der Waals surface area contributed by atoms with Crippen molar-refractivity contribution < 1.29 is 9.22 Å². The summed E-state index contributed by atoms with van der Waals surface area (Å²) in [4.78, 5) is 11.0. The minimum absolute atomic E-state index is 0.0465. The zero-order chi connectivity index (χ0) is 12.3. The molecule has 0 aliphatic rings. The van der Waals surface area contributed by atoms with Gasteiger partial charge in [-0.05, 0) is 31.1 Å². The van der Waals surface area contributed by atoms with E-state index in [9.17, 15) is 4.79 Å². The van der Waals surface area contributed by atoms with Gasteiger partial charge in [-0.1, -0.05) is 27.7 Å². The molecule has 0 saturated heterocycles. The first-order valence-corrected chi connectivity index (χ1v) is 8.33. The van der Waals surface area contributed by atoms with Gasteiger partial charge in [0.25, 0.3) is 0 Å². The van der Waals surface area contributed by atoms with Gasteiger partial charge in [0.15, 0.2) is 0 Å². The van der Waals surface area contributed by atoms with Gasteiger partial charge in [-0.2, -0.15) is 0 Å². The Morgan fingerprint density at radius 2 is 1.80 bits per heavy atom. The molecule has 88 valence electrons. The van der Waals surface area contributed by atoms with Crippen LogP contribution in [0.15, 0.2) is 12.3 Å². The zero-order valence-electron chi connectivity index (χ0n) is 11.0. The van der Waals surface area contributed by atoms with Crippen LogP contribution in [0.4, 0.5) is 0 Å². The average molecular weight is 228 g/mol. The van der Waals surface area contributed by atoms with Crippen molar-refractivity contribution in [3.8, 4) is 0 Å². The third kappa shape index (κ3) is 4.65. The maximum absolute atomic E-state index is 11.0. The van der Waals surface area contributed by atoms with E-state index in [-0.39, 0.29) is 16.7 Å². The maximum atomic E-state index is 11.0. The molecule has 0 rings (SSSR count). The molecule has 0 fully saturated rings. The van der Waals surface area contributed by atoms with Crippen molar-refractivity contribution in [2.45, 2.75) is 52.8 Å². The Labute approximate surface area is 94.8 Å². The minimum atomic E-state index is -1.70. The van der Waals surface area contributed by atoms with E-state index < -0.39 is 8.32 Å². The standard InChI is InChI=1S/C12H24O2Si/c1-10(11(2)13)8-9-14-15(6,7)12(3,4)5/h8-10H,1-7H3/b9-8+. The fourth-order valence-electron chi connectivity index (χ4n) is 0.640. The number of ketones is 1. The van der Waals surface area contributed by atoms with Crippen LogP contribution < -0.4 is 0 Å². The summed E-state index contributed by atoms with van der Waals surface area (Å²) in [7, 11) is -1.70. The van der Waals surface area contributed by atoms with Crippen molar-refractivity contribution in [2.75, 3.05) is 0 Å². The summed E-state index contributed by atoms with van der Waals surface area (Å²) in [5, 5.41) is 0.205. The van der Waals surface area contributed by atoms with E-state index in [0.29, 0.717) is 0 Å². The van der Waals surface area contributed by atoms with Crippen LogP contribution in [-0.2, 0) is 9.22 Å². The highest BCUT2D eigenvalue weighted by molar-refractivity contribution is 6.74. The Kier molecular flexibility index (Phi) is 4.78. The van der Waals surface area contributed by atoms with Gasteiger partial charge in [-0.15, -0.1) is 0 Å². The van der Waals surface area contributed by atoms with Crippen molar-refractivity contribution in [3.05, 3.63) is 12.3 Å². The molecule has 0 aliphatic heterocycles. The number of hydrogen-bond acceptors (Lipinski definition) is 2. The van der Waals surface area contributed by atoms with Crippen LogP contribution in [0.1, 0.15) is 34.6 Å². The van der Waals surface area contributed by atoms with Crippen molar-refractivity contribution in [1.29, 1.82) is 0 Å². The number of rotatable bonds is 4. The Morgan fingerprint density at radius 1 is 1.33 bits per heavy atom. The van der Waals surface area contributed by atoms with Gasteiger partial charge in [-0.25, -0.2) is 0 Å². The van der Waals surface area contributed by atoms with Crippen molar-refractivity contribution in [3.63, 3.8) is 0 Å². The van der Waals surface area contributed by atoms with Crippen molar-refractivity contribution in [2.24, 2.45) is 5.92 Å². The van der Waals surface area contributed by atoms with E-state index in [2.05, 4.69) is 33.9 Å². The van der Waals surface area contributed by atoms with Gasteiger partial charge >= 0.3 is 0 Å². The van der Waals surface area contributed by atoms with Crippen LogP contribution in [0.2, 0.25) is 18.1 Å². The van der Waals surface area contributed by atoms with Crippen LogP contribution in [-0.4, -0.2) is 14.1 Å². The highest BCUT2D eigenvalue weighted by Gasteiger charge is 2.37. The Hall–Kier alpha value is -0.573. The first-order chi connectivity index (χ1) is 6.58. The second-order valence-corrected chi connectivity index (χ2v) is 10.4. The number of carbonyl (C=O) groups is 1. The summed E-state index contributed by atoms with van der Waals surface area (Å²) in [6.45, 7) is 14.4. The number of carbonyl (C=O) groups excluding carboxylic acids is 1. The van der Waals surface area contributed by atoms with Gasteiger partial charge in [0.05, 0.1) is 6.26 Å². The molecule has 0 aromatic heterocycles. The molecule has 0 aromatic carbocycles. The molecule has 2 nitrogen and oxygen atoms in total. The molecule has 0 saturated carbocycles. The molecule has 15 heavy (non-hydrogen) atoms. The highest BCUT2D eigenvalue weighted by Crippen LogP contribution is 2.36. The van der Waals surface area contributed by atoms with E-state index in [0.717, 1.165) is 0 Å². The number of allylic oxidation sites excluding steroid dienone is 1. The first kappa shape index (κ1) is 14.4. The molecule has 0 spiro atoms. The fourth-order valence-corrected chi connectivity index (χ4v) is 1.41. The topological polar surface area (TPSA) is 26.3 Å². The van der Waals surface area contributed by atoms with Crippen LogP contribution in [0, 0.1) is 5.92 Å². The minimum Gasteiger partial charge on any atom is -0.549 e. The lowest BCUT2D eigenvalue weighted by atomic mass is 10.1. The van der Waals surface area contributed by atoms with Crippen LogP contribution in [0.5, 0.6) is 0 Å². The third-order valence-corrected chi connectivity index (χ3v) is 7.52. The molecule has 0 N–H and O–H groups in total. The summed E-state index contributed by atoms with van der Waals surface area (Å²) in [6.07, 6.45) is 3.55. The van der Waals surface area contributed by atoms with E-state index in [4.69, 9.17) is 4.43 Å². The summed E-state index contributed by atoms with van der Waals surface area (Å²) < 4.78 is 5.82. The largest absolute Gasteiger partial charge is 0.549 e. The van der Waals surface area contributed by atoms with Gasteiger partial charge in [0.1, 0.15) is 5.78 Å². The molecule has 0 radical (unpaired) electrons. The number of hydrogen-bond donors (Lipinski definition) is 0. The van der Waals surface area contributed by atoms with Gasteiger partial charge in [0, 0.05) is 5.92 Å². The van der Waals surface area contributed by atoms with Crippen molar-refractivity contribution in [1.82, 2.24) is 0 Å². The smallest absolute Gasteiger partial charge is 0.249 e. The predicted molar refractivity (Wildman–Crippen MR) is 67.3 cm³/mol. The average Bonchev–Trinajstić information content (AvgIpc) is 2.01. The molecular formula is C12H24O2Si. The third-order valence-electron chi connectivity index (χ3n) is 3.18. The SMILES string of the molecule is CC(=O)C(C)/C=C/O[Si](C)(C)C(C)(C)C. The van der Waals surface area contributed by atoms with Crippen molar-refractivity contribution >= 4 is 14.1 Å². The molecule has 0 bridgehead atoms. The molecule has 0 amide bonds. The molecule has 0 aromatic rings. The van der Waals surface area contributed by atoms with Crippen LogP contribution in [0.25, 0.3) is 0 Å². The van der Waals surface area contributed by atoms with E-state index in [1.165, 1.54) is 0 Å². The highest BCUT2D eigenvalue weighted by atomic mass is 28.4. The molecule has 3 heteroatoms. The van der Waals surface area contributed by atoms with E-state index in [1.54, 1.807) is 13.2 Å². The second-order valence-electron chi connectivity index (χ2n) is 5.61. The molecule has 1 unspecified atom stereocenters. The fraction of sp³-hybridized carbons (Fsp3) is 0.750. The Balaban J connectivity index is 4.33. The van der Waals surface area contributed by atoms with Gasteiger partial charge < -0.3 is 4.43 Å². The molecular weight excluding hydrogens is 204 g/mol. The van der Waals surface area contributed by atoms with Crippen LogP contribution in [0.3, 0.4) is 0 Å². The lowest BCUT2D eigenvalue weighted by molar-refractivity contribution is -0.118. The van der Waals surface area contributed by atoms with E-state index >= 15 is 0 Å². The normalized spacial score (nSPS) is 15.4. The van der Waals surface area contributed by atoms with Gasteiger partial charge in [0.2, 0.25) is 8.32 Å². The Morgan fingerprint density at radius 3 is 2.13 bits per heavy atom. The maximum Gasteiger partial charge on any atom is 0.249 e. The predicted octanol–water partition coefficient (Wildman–Crippen LogP) is 3.75. The molecule has 1 atom stereocenters. The monoisotopic (exact) mass is 228 g/mol. The lowest BCUT2D eigenvalue weighted by Gasteiger charge is -2.35. The quantitative estimate of drug-likeness (QED) is 0.541. The molecule has 0 heterocycles. The number of Topliss-reactive ketones (excluding diaryl/α,β-unsaturated/α-hetero) is 1. The summed E-state index contributed by atoms with van der Waals surface area (Å²) in [5.74, 6) is 0.125. The Bertz CT molecular complexity index is 249. The van der Waals surface area contributed by atoms with Gasteiger partial charge in [-0.3, -0.25) is 4.79 Å². The van der Waals surface area contributed by atoms with Crippen LogP contribution >= 0.6 is 0 Å². The second kappa shape index (κ2) is 4.97. The van der Waals surface area contributed by atoms with E-state index in [1.807, 2.05) is 13.0 Å².